The maximum Gasteiger partial charge on any atom is 0.343 e. The van der Waals surface area contributed by atoms with Crippen LogP contribution in [0.15, 0.2) is 5.16 Å². The van der Waals surface area contributed by atoms with Gasteiger partial charge in [-0.05, 0) is 0 Å². The number of rotatable bonds is 4. The van der Waals surface area contributed by atoms with Crippen molar-refractivity contribution in [3.05, 3.63) is 0 Å². The largest absolute Gasteiger partial charge is 0.466 e. The van der Waals surface area contributed by atoms with Crippen molar-refractivity contribution in [3.63, 3.8) is 0 Å². The normalized spacial score (nSPS) is 9.82. The lowest BCUT2D eigenvalue weighted by atomic mass is 10.7. The van der Waals surface area contributed by atoms with Gasteiger partial charge in [0.05, 0.1) is 7.11 Å². The number of nitrogens with zero attached hydrogens (tertiary/aromatic N) is 3. The van der Waals surface area contributed by atoms with Crippen molar-refractivity contribution >= 4 is 34.5 Å². The van der Waals surface area contributed by atoms with E-state index in [2.05, 4.69) is 14.1 Å². The Bertz CT molecular complexity index is 407. The number of ether oxygens (including phenoxy) is 2. The fourth-order valence-electron chi connectivity index (χ4n) is 0.646. The van der Waals surface area contributed by atoms with Gasteiger partial charge in [0, 0.05) is 37.4 Å². The van der Waals surface area contributed by atoms with Gasteiger partial charge < -0.3 is 14.4 Å². The van der Waals surface area contributed by atoms with Gasteiger partial charge in [-0.3, -0.25) is 4.79 Å². The molecule has 1 heterocycles. The zero-order valence-electron chi connectivity index (χ0n) is 9.50. The number of hydrogen-bond donors (Lipinski definition) is 0. The van der Waals surface area contributed by atoms with Crippen molar-refractivity contribution in [2.24, 2.45) is 0 Å². The van der Waals surface area contributed by atoms with Crippen LogP contribution >= 0.6 is 23.3 Å². The van der Waals surface area contributed by atoms with E-state index in [-0.39, 0.29) is 17.0 Å². The van der Waals surface area contributed by atoms with Gasteiger partial charge in [-0.1, -0.05) is 0 Å². The quantitative estimate of drug-likeness (QED) is 0.596. The third-order valence-corrected chi connectivity index (χ3v) is 3.12. The van der Waals surface area contributed by atoms with E-state index < -0.39 is 5.97 Å². The minimum Gasteiger partial charge on any atom is -0.466 e. The molecule has 1 amide bonds. The molecule has 0 fully saturated rings. The highest BCUT2D eigenvalue weighted by atomic mass is 32.2. The molecule has 0 aromatic carbocycles. The lowest BCUT2D eigenvalue weighted by molar-refractivity contribution is -0.142. The zero-order chi connectivity index (χ0) is 12.8. The smallest absolute Gasteiger partial charge is 0.343 e. The molecule has 1 rings (SSSR count). The molecule has 0 saturated carbocycles. The van der Waals surface area contributed by atoms with Crippen LogP contribution in [0.1, 0.15) is 0 Å². The Morgan fingerprint density at radius 1 is 1.47 bits per heavy atom. The lowest BCUT2D eigenvalue weighted by Gasteiger charge is -2.06. The fraction of sp³-hybridized carbons (Fsp3) is 0.500. The fourth-order valence-corrected chi connectivity index (χ4v) is 1.87. The van der Waals surface area contributed by atoms with Crippen molar-refractivity contribution in [1.82, 2.24) is 14.3 Å². The minimum absolute atomic E-state index is 0.178. The Hall–Kier alpha value is -1.35. The van der Waals surface area contributed by atoms with Crippen molar-refractivity contribution < 1.29 is 19.1 Å². The molecule has 0 N–H and O–H groups in total. The van der Waals surface area contributed by atoms with Crippen LogP contribution in [0, 0.1) is 0 Å². The van der Waals surface area contributed by atoms with Crippen LogP contribution in [0.5, 0.6) is 5.19 Å². The topological polar surface area (TPSA) is 81.6 Å². The highest BCUT2D eigenvalue weighted by Gasteiger charge is 2.13. The highest BCUT2D eigenvalue weighted by Crippen LogP contribution is 2.23. The monoisotopic (exact) mass is 277 g/mol. The second kappa shape index (κ2) is 6.40. The first kappa shape index (κ1) is 13.7. The summed E-state index contributed by atoms with van der Waals surface area (Å²) in [4.78, 5) is 27.5. The van der Waals surface area contributed by atoms with Crippen molar-refractivity contribution in [2.45, 2.75) is 5.16 Å². The van der Waals surface area contributed by atoms with Gasteiger partial charge in [0.25, 0.3) is 10.4 Å². The van der Waals surface area contributed by atoms with E-state index >= 15 is 0 Å². The second-order valence-electron chi connectivity index (χ2n) is 2.97. The standard InChI is InChI=1S/C8H11N3O4S2/c1-11(2)8(13)16-6-9-7(17-10-6)15-4-5(12)14-3/h4H2,1-3H3. The average molecular weight is 277 g/mol. The number of esters is 1. The average Bonchev–Trinajstić information content (AvgIpc) is 2.73. The number of methoxy groups -OCH3 is 1. The zero-order valence-corrected chi connectivity index (χ0v) is 11.1. The Morgan fingerprint density at radius 2 is 2.18 bits per heavy atom. The molecule has 0 aliphatic rings. The van der Waals surface area contributed by atoms with E-state index in [1.165, 1.54) is 12.0 Å². The highest BCUT2D eigenvalue weighted by molar-refractivity contribution is 8.13. The molecule has 1 aromatic heterocycles. The third kappa shape index (κ3) is 4.57. The molecule has 7 nitrogen and oxygen atoms in total. The summed E-state index contributed by atoms with van der Waals surface area (Å²) in [6, 6.07) is 0. The summed E-state index contributed by atoms with van der Waals surface area (Å²) in [7, 11) is 4.54. The van der Waals surface area contributed by atoms with E-state index in [4.69, 9.17) is 4.74 Å². The molecule has 0 unspecified atom stereocenters. The van der Waals surface area contributed by atoms with Crippen LogP contribution in [-0.2, 0) is 9.53 Å². The molecule has 0 saturated heterocycles. The van der Waals surface area contributed by atoms with Crippen LogP contribution < -0.4 is 4.74 Å². The molecule has 0 atom stereocenters. The molecular formula is C8H11N3O4S2. The molecular weight excluding hydrogens is 266 g/mol. The summed E-state index contributed by atoms with van der Waals surface area (Å²) in [5, 5.41) is 0.348. The maximum absolute atomic E-state index is 11.3. The van der Waals surface area contributed by atoms with E-state index in [9.17, 15) is 9.59 Å². The number of carbonyl (C=O) groups is 2. The van der Waals surface area contributed by atoms with E-state index in [1.54, 1.807) is 14.1 Å². The van der Waals surface area contributed by atoms with Gasteiger partial charge in [0.1, 0.15) is 0 Å². The van der Waals surface area contributed by atoms with Crippen molar-refractivity contribution in [3.8, 4) is 5.19 Å². The number of amides is 1. The van der Waals surface area contributed by atoms with Crippen LogP contribution in [0.2, 0.25) is 0 Å². The van der Waals surface area contributed by atoms with E-state index in [0.717, 1.165) is 23.3 Å². The lowest BCUT2D eigenvalue weighted by Crippen LogP contribution is -2.16. The summed E-state index contributed by atoms with van der Waals surface area (Å²) in [5.41, 5.74) is 0. The molecule has 17 heavy (non-hydrogen) atoms. The molecule has 0 bridgehead atoms. The Balaban J connectivity index is 2.48. The molecule has 0 spiro atoms. The van der Waals surface area contributed by atoms with Gasteiger partial charge in [0.2, 0.25) is 5.16 Å². The van der Waals surface area contributed by atoms with Crippen LogP contribution in [0.3, 0.4) is 0 Å². The molecule has 0 aliphatic carbocycles. The molecule has 0 aliphatic heterocycles. The first-order valence-corrected chi connectivity index (χ1v) is 6.04. The van der Waals surface area contributed by atoms with Crippen LogP contribution in [-0.4, -0.2) is 53.3 Å². The van der Waals surface area contributed by atoms with Gasteiger partial charge >= 0.3 is 5.97 Å². The Kier molecular flexibility index (Phi) is 5.16. The summed E-state index contributed by atoms with van der Waals surface area (Å²) in [5.74, 6) is -0.501. The first-order chi connectivity index (χ1) is 8.02. The predicted octanol–water partition coefficient (Wildman–Crippen LogP) is 0.864. The van der Waals surface area contributed by atoms with Crippen molar-refractivity contribution in [2.75, 3.05) is 27.8 Å². The van der Waals surface area contributed by atoms with Gasteiger partial charge in [-0.25, -0.2) is 4.79 Å². The molecule has 1 aromatic rings. The van der Waals surface area contributed by atoms with Crippen LogP contribution in [0.4, 0.5) is 4.79 Å². The number of aromatic nitrogens is 2. The van der Waals surface area contributed by atoms with Crippen LogP contribution in [0.25, 0.3) is 0 Å². The SMILES string of the molecule is COC(=O)COc1nc(SC(=O)N(C)C)ns1. The van der Waals surface area contributed by atoms with Gasteiger partial charge in [-0.15, -0.1) is 0 Å². The number of carbonyl (C=O) groups excluding carboxylic acids is 2. The summed E-state index contributed by atoms with van der Waals surface area (Å²) >= 11 is 1.86. The summed E-state index contributed by atoms with van der Waals surface area (Å²) < 4.78 is 13.3. The molecule has 0 radical (unpaired) electrons. The van der Waals surface area contributed by atoms with E-state index in [0.29, 0.717) is 5.16 Å². The molecule has 9 heteroatoms. The number of hydrogen-bond acceptors (Lipinski definition) is 8. The summed E-state index contributed by atoms with van der Waals surface area (Å²) in [6.07, 6.45) is 0. The Morgan fingerprint density at radius 3 is 2.76 bits per heavy atom. The van der Waals surface area contributed by atoms with Gasteiger partial charge in [0.15, 0.2) is 6.61 Å². The minimum atomic E-state index is -0.501. The van der Waals surface area contributed by atoms with Gasteiger partial charge in [-0.2, -0.15) is 9.36 Å². The Labute approximate surface area is 106 Å². The number of thioether (sulfide) groups is 1. The van der Waals surface area contributed by atoms with Crippen molar-refractivity contribution in [1.29, 1.82) is 0 Å². The molecule has 94 valence electrons. The predicted molar refractivity (Wildman–Crippen MR) is 62.4 cm³/mol. The first-order valence-electron chi connectivity index (χ1n) is 4.45. The third-order valence-electron chi connectivity index (χ3n) is 1.47. The maximum atomic E-state index is 11.3. The second-order valence-corrected chi connectivity index (χ2v) is 4.60. The van der Waals surface area contributed by atoms with E-state index in [1.807, 2.05) is 0 Å². The summed E-state index contributed by atoms with van der Waals surface area (Å²) in [6.45, 7) is -0.225.